The maximum Gasteiger partial charge on any atom is 0.0764 e. The van der Waals surface area contributed by atoms with Gasteiger partial charge in [0.2, 0.25) is 0 Å². The number of hydrogen-bond donors (Lipinski definition) is 0. The van der Waals surface area contributed by atoms with E-state index >= 15 is 0 Å². The highest BCUT2D eigenvalue weighted by atomic mass is 15.3. The highest BCUT2D eigenvalue weighted by Gasteiger charge is 2.19. The fourth-order valence-corrected chi connectivity index (χ4v) is 2.78. The van der Waals surface area contributed by atoms with Crippen molar-refractivity contribution in [3.63, 3.8) is 0 Å². The van der Waals surface area contributed by atoms with Crippen LogP contribution in [0, 0.1) is 17.2 Å². The van der Waals surface area contributed by atoms with Gasteiger partial charge in [-0.15, -0.1) is 0 Å². The van der Waals surface area contributed by atoms with Gasteiger partial charge in [-0.25, -0.2) is 0 Å². The third-order valence-corrected chi connectivity index (χ3v) is 4.14. The summed E-state index contributed by atoms with van der Waals surface area (Å²) < 4.78 is 2.11. The van der Waals surface area contributed by atoms with E-state index in [0.717, 1.165) is 51.0 Å². The zero-order valence-electron chi connectivity index (χ0n) is 12.0. The van der Waals surface area contributed by atoms with E-state index in [-0.39, 0.29) is 5.92 Å². The van der Waals surface area contributed by atoms with Crippen molar-refractivity contribution in [2.45, 2.75) is 52.1 Å². The zero-order valence-corrected chi connectivity index (χ0v) is 12.0. The Balaban J connectivity index is 1.89. The smallest absolute Gasteiger partial charge is 0.0764 e. The van der Waals surface area contributed by atoms with Crippen molar-refractivity contribution in [2.75, 3.05) is 13.1 Å². The average Bonchev–Trinajstić information content (AvgIpc) is 2.89. The first-order valence-corrected chi connectivity index (χ1v) is 7.42. The standard InChI is InChI=1S/C15H24N4/c1-3-15(4-2)19-10-7-14(17-19)12-18-8-5-13(11-16)6-9-18/h7,10,13,15H,3-6,8-9,12H2,1-2H3. The quantitative estimate of drug-likeness (QED) is 0.817. The summed E-state index contributed by atoms with van der Waals surface area (Å²) in [5.41, 5.74) is 1.15. The molecule has 4 heteroatoms. The summed E-state index contributed by atoms with van der Waals surface area (Å²) in [4.78, 5) is 2.41. The molecule has 0 N–H and O–H groups in total. The lowest BCUT2D eigenvalue weighted by Crippen LogP contribution is -2.32. The Morgan fingerprint density at radius 3 is 2.63 bits per heavy atom. The fraction of sp³-hybridized carbons (Fsp3) is 0.733. The van der Waals surface area contributed by atoms with Gasteiger partial charge in [0.1, 0.15) is 0 Å². The van der Waals surface area contributed by atoms with Crippen LogP contribution in [0.2, 0.25) is 0 Å². The van der Waals surface area contributed by atoms with Crippen molar-refractivity contribution >= 4 is 0 Å². The van der Waals surface area contributed by atoms with E-state index < -0.39 is 0 Å². The van der Waals surface area contributed by atoms with Crippen LogP contribution < -0.4 is 0 Å². The predicted octanol–water partition coefficient (Wildman–Crippen LogP) is 2.98. The zero-order chi connectivity index (χ0) is 13.7. The first-order chi connectivity index (χ1) is 9.26. The van der Waals surface area contributed by atoms with E-state index in [1.165, 1.54) is 0 Å². The molecule has 4 nitrogen and oxygen atoms in total. The maximum atomic E-state index is 8.90. The topological polar surface area (TPSA) is 44.9 Å². The molecule has 104 valence electrons. The molecule has 0 aliphatic carbocycles. The number of hydrogen-bond acceptors (Lipinski definition) is 3. The van der Waals surface area contributed by atoms with Gasteiger partial charge >= 0.3 is 0 Å². The summed E-state index contributed by atoms with van der Waals surface area (Å²) >= 11 is 0. The highest BCUT2D eigenvalue weighted by molar-refractivity contribution is 5.00. The van der Waals surface area contributed by atoms with Crippen LogP contribution in [-0.4, -0.2) is 27.8 Å². The van der Waals surface area contributed by atoms with E-state index in [2.05, 4.69) is 41.8 Å². The van der Waals surface area contributed by atoms with Crippen LogP contribution in [0.3, 0.4) is 0 Å². The lowest BCUT2D eigenvalue weighted by molar-refractivity contribution is 0.195. The summed E-state index contributed by atoms with van der Waals surface area (Å²) in [5, 5.41) is 13.6. The van der Waals surface area contributed by atoms with Crippen LogP contribution in [0.1, 0.15) is 51.3 Å². The molecule has 0 radical (unpaired) electrons. The third kappa shape index (κ3) is 3.57. The van der Waals surface area contributed by atoms with Crippen molar-refractivity contribution < 1.29 is 0 Å². The largest absolute Gasteiger partial charge is 0.297 e. The second kappa shape index (κ2) is 6.72. The number of rotatable bonds is 5. The first kappa shape index (κ1) is 14.1. The second-order valence-electron chi connectivity index (χ2n) is 5.44. The van der Waals surface area contributed by atoms with E-state index in [1.54, 1.807) is 0 Å². The van der Waals surface area contributed by atoms with Crippen LogP contribution >= 0.6 is 0 Å². The van der Waals surface area contributed by atoms with Crippen molar-refractivity contribution in [3.05, 3.63) is 18.0 Å². The van der Waals surface area contributed by atoms with E-state index in [9.17, 15) is 0 Å². The van der Waals surface area contributed by atoms with Gasteiger partial charge in [0.25, 0.3) is 0 Å². The molecule has 0 aromatic carbocycles. The lowest BCUT2D eigenvalue weighted by Gasteiger charge is -2.28. The number of likely N-dealkylation sites (tertiary alicyclic amines) is 1. The van der Waals surface area contributed by atoms with Gasteiger partial charge in [0.05, 0.1) is 17.8 Å². The monoisotopic (exact) mass is 260 g/mol. The molecule has 1 aliphatic heterocycles. The number of nitriles is 1. The van der Waals surface area contributed by atoms with E-state index in [0.29, 0.717) is 6.04 Å². The average molecular weight is 260 g/mol. The summed E-state index contributed by atoms with van der Waals surface area (Å²) in [6.07, 6.45) is 6.37. The van der Waals surface area contributed by atoms with E-state index in [4.69, 9.17) is 10.4 Å². The van der Waals surface area contributed by atoms with Gasteiger partial charge in [0, 0.05) is 18.7 Å². The van der Waals surface area contributed by atoms with Crippen molar-refractivity contribution in [1.29, 1.82) is 5.26 Å². The Labute approximate surface area is 116 Å². The van der Waals surface area contributed by atoms with Gasteiger partial charge in [0.15, 0.2) is 0 Å². The van der Waals surface area contributed by atoms with Crippen LogP contribution in [0.4, 0.5) is 0 Å². The Kier molecular flexibility index (Phi) is 4.98. The molecule has 1 saturated heterocycles. The molecule has 0 unspecified atom stereocenters. The molecule has 0 bridgehead atoms. The van der Waals surface area contributed by atoms with Gasteiger partial charge in [-0.3, -0.25) is 9.58 Å². The predicted molar refractivity (Wildman–Crippen MR) is 75.5 cm³/mol. The summed E-state index contributed by atoms with van der Waals surface area (Å²) in [5.74, 6) is 0.262. The first-order valence-electron chi connectivity index (χ1n) is 7.42. The minimum absolute atomic E-state index is 0.262. The third-order valence-electron chi connectivity index (χ3n) is 4.14. The Bertz CT molecular complexity index is 420. The van der Waals surface area contributed by atoms with Crippen molar-refractivity contribution in [2.24, 2.45) is 5.92 Å². The number of nitrogens with zero attached hydrogens (tertiary/aromatic N) is 4. The minimum atomic E-state index is 0.262. The molecular weight excluding hydrogens is 236 g/mol. The lowest BCUT2D eigenvalue weighted by atomic mass is 9.98. The Morgan fingerprint density at radius 2 is 2.05 bits per heavy atom. The van der Waals surface area contributed by atoms with E-state index in [1.807, 2.05) is 0 Å². The molecule has 1 aromatic heterocycles. The van der Waals surface area contributed by atoms with Crippen LogP contribution in [-0.2, 0) is 6.54 Å². The van der Waals surface area contributed by atoms with Crippen LogP contribution in [0.15, 0.2) is 12.3 Å². The Morgan fingerprint density at radius 1 is 1.37 bits per heavy atom. The van der Waals surface area contributed by atoms with Crippen LogP contribution in [0.5, 0.6) is 0 Å². The van der Waals surface area contributed by atoms with Gasteiger partial charge in [-0.05, 0) is 44.8 Å². The summed E-state index contributed by atoms with van der Waals surface area (Å²) in [6.45, 7) is 7.39. The molecule has 0 atom stereocenters. The molecular formula is C15H24N4. The normalized spacial score (nSPS) is 17.8. The molecule has 0 saturated carbocycles. The van der Waals surface area contributed by atoms with Gasteiger partial charge in [-0.1, -0.05) is 13.8 Å². The Hall–Kier alpha value is -1.34. The summed E-state index contributed by atoms with van der Waals surface area (Å²) in [7, 11) is 0. The molecule has 19 heavy (non-hydrogen) atoms. The number of aromatic nitrogens is 2. The number of piperidine rings is 1. The second-order valence-corrected chi connectivity index (χ2v) is 5.44. The molecule has 0 spiro atoms. The SMILES string of the molecule is CCC(CC)n1ccc(CN2CCC(C#N)CC2)n1. The molecule has 1 aliphatic rings. The summed E-state index contributed by atoms with van der Waals surface area (Å²) in [6, 6.07) is 5.04. The molecule has 1 aromatic rings. The highest BCUT2D eigenvalue weighted by Crippen LogP contribution is 2.19. The molecule has 0 amide bonds. The molecule has 1 fully saturated rings. The van der Waals surface area contributed by atoms with Crippen LogP contribution in [0.25, 0.3) is 0 Å². The van der Waals surface area contributed by atoms with Gasteiger partial charge < -0.3 is 0 Å². The van der Waals surface area contributed by atoms with Crippen molar-refractivity contribution in [3.8, 4) is 6.07 Å². The minimum Gasteiger partial charge on any atom is -0.297 e. The van der Waals surface area contributed by atoms with Crippen molar-refractivity contribution in [1.82, 2.24) is 14.7 Å². The molecule has 2 rings (SSSR count). The van der Waals surface area contributed by atoms with Gasteiger partial charge in [-0.2, -0.15) is 10.4 Å². The fourth-order valence-electron chi connectivity index (χ4n) is 2.78. The molecule has 2 heterocycles. The maximum absolute atomic E-state index is 8.90.